The molecular formula is C11H16F3NOSi. The third-order valence-electron chi connectivity index (χ3n) is 2.02. The Balaban J connectivity index is 3.10. The monoisotopic (exact) mass is 263 g/mol. The van der Waals surface area contributed by atoms with Gasteiger partial charge in [0.25, 0.3) is 0 Å². The van der Waals surface area contributed by atoms with Crippen molar-refractivity contribution in [1.29, 1.82) is 0 Å². The minimum absolute atomic E-state index is 0.0315. The Bertz CT molecular complexity index is 399. The molecule has 0 aliphatic heterocycles. The van der Waals surface area contributed by atoms with Gasteiger partial charge in [-0.2, -0.15) is 13.2 Å². The van der Waals surface area contributed by atoms with Gasteiger partial charge in [-0.05, 0) is 37.8 Å². The van der Waals surface area contributed by atoms with E-state index in [1.54, 1.807) is 0 Å². The van der Waals surface area contributed by atoms with Gasteiger partial charge in [0.1, 0.15) is 5.75 Å². The SMILES string of the molecule is C[Si](C)(C)Oc1ccc(C(F)(F)F)cc1CN. The second-order valence-corrected chi connectivity index (χ2v) is 9.17. The molecule has 1 aromatic carbocycles. The van der Waals surface area contributed by atoms with Gasteiger partial charge in [-0.1, -0.05) is 0 Å². The molecule has 0 aromatic heterocycles. The summed E-state index contributed by atoms with van der Waals surface area (Å²) < 4.78 is 43.2. The third-order valence-corrected chi connectivity index (χ3v) is 2.86. The first-order valence-electron chi connectivity index (χ1n) is 5.23. The van der Waals surface area contributed by atoms with E-state index < -0.39 is 20.1 Å². The highest BCUT2D eigenvalue weighted by atomic mass is 28.4. The van der Waals surface area contributed by atoms with Crippen LogP contribution in [0.3, 0.4) is 0 Å². The summed E-state index contributed by atoms with van der Waals surface area (Å²) in [7, 11) is -1.85. The van der Waals surface area contributed by atoms with Crippen molar-refractivity contribution in [3.63, 3.8) is 0 Å². The van der Waals surface area contributed by atoms with Gasteiger partial charge in [-0.3, -0.25) is 0 Å². The van der Waals surface area contributed by atoms with Gasteiger partial charge in [0.05, 0.1) is 5.56 Å². The largest absolute Gasteiger partial charge is 0.544 e. The summed E-state index contributed by atoms with van der Waals surface area (Å²) in [4.78, 5) is 0. The summed E-state index contributed by atoms with van der Waals surface area (Å²) in [5.41, 5.74) is 5.15. The van der Waals surface area contributed by atoms with Crippen molar-refractivity contribution < 1.29 is 17.6 Å². The maximum absolute atomic E-state index is 12.5. The predicted molar refractivity (Wildman–Crippen MR) is 63.3 cm³/mol. The molecule has 0 aliphatic rings. The zero-order chi connectivity index (χ0) is 13.3. The summed E-state index contributed by atoms with van der Waals surface area (Å²) in [6.45, 7) is 5.92. The molecular weight excluding hydrogens is 247 g/mol. The molecule has 6 heteroatoms. The first kappa shape index (κ1) is 14.0. The Morgan fingerprint density at radius 2 is 1.82 bits per heavy atom. The second-order valence-electron chi connectivity index (χ2n) is 4.74. The molecule has 0 atom stereocenters. The fraction of sp³-hybridized carbons (Fsp3) is 0.455. The fourth-order valence-corrected chi connectivity index (χ4v) is 2.20. The molecule has 0 bridgehead atoms. The Morgan fingerprint density at radius 1 is 1.24 bits per heavy atom. The lowest BCUT2D eigenvalue weighted by Gasteiger charge is -2.22. The summed E-state index contributed by atoms with van der Waals surface area (Å²) >= 11 is 0. The Morgan fingerprint density at radius 3 is 2.24 bits per heavy atom. The van der Waals surface area contributed by atoms with Gasteiger partial charge < -0.3 is 10.2 Å². The van der Waals surface area contributed by atoms with Crippen molar-refractivity contribution in [2.24, 2.45) is 5.73 Å². The lowest BCUT2D eigenvalue weighted by Crippen LogP contribution is -2.30. The van der Waals surface area contributed by atoms with Crippen molar-refractivity contribution in [3.8, 4) is 5.75 Å². The normalized spacial score (nSPS) is 12.6. The molecule has 0 amide bonds. The molecule has 1 rings (SSSR count). The molecule has 0 fully saturated rings. The summed E-state index contributed by atoms with van der Waals surface area (Å²) in [5, 5.41) is 0. The first-order valence-corrected chi connectivity index (χ1v) is 8.63. The van der Waals surface area contributed by atoms with E-state index in [0.29, 0.717) is 11.3 Å². The van der Waals surface area contributed by atoms with Crippen LogP contribution in [0.25, 0.3) is 0 Å². The average molecular weight is 263 g/mol. The fourth-order valence-electron chi connectivity index (χ4n) is 1.34. The topological polar surface area (TPSA) is 35.2 Å². The van der Waals surface area contributed by atoms with Gasteiger partial charge in [-0.15, -0.1) is 0 Å². The Kier molecular flexibility index (Phi) is 3.88. The Labute approximate surface area is 99.7 Å². The smallest absolute Gasteiger partial charge is 0.416 e. The van der Waals surface area contributed by atoms with Gasteiger partial charge in [0.15, 0.2) is 0 Å². The van der Waals surface area contributed by atoms with Gasteiger partial charge in [0.2, 0.25) is 8.32 Å². The van der Waals surface area contributed by atoms with Crippen LogP contribution in [-0.4, -0.2) is 8.32 Å². The number of hydrogen-bond acceptors (Lipinski definition) is 2. The summed E-state index contributed by atoms with van der Waals surface area (Å²) in [5.74, 6) is 0.458. The van der Waals surface area contributed by atoms with Crippen LogP contribution >= 0.6 is 0 Å². The standard InChI is InChI=1S/C11H16F3NOSi/c1-17(2,3)16-10-5-4-9(11(12,13)14)6-8(10)7-15/h4-6H,7,15H2,1-3H3. The van der Waals surface area contributed by atoms with E-state index in [4.69, 9.17) is 10.2 Å². The van der Waals surface area contributed by atoms with Gasteiger partial charge in [0, 0.05) is 12.1 Å². The van der Waals surface area contributed by atoms with Crippen LogP contribution in [0.4, 0.5) is 13.2 Å². The van der Waals surface area contributed by atoms with Gasteiger partial charge >= 0.3 is 6.18 Å². The minimum atomic E-state index is -4.35. The predicted octanol–water partition coefficient (Wildman–Crippen LogP) is 3.38. The molecule has 0 aliphatic carbocycles. The molecule has 17 heavy (non-hydrogen) atoms. The summed E-state index contributed by atoms with van der Waals surface area (Å²) in [6, 6.07) is 3.42. The van der Waals surface area contributed by atoms with E-state index in [0.717, 1.165) is 12.1 Å². The molecule has 0 saturated carbocycles. The zero-order valence-corrected chi connectivity index (χ0v) is 11.1. The van der Waals surface area contributed by atoms with Gasteiger partial charge in [-0.25, -0.2) is 0 Å². The van der Waals surface area contributed by atoms with E-state index in [-0.39, 0.29) is 6.54 Å². The van der Waals surface area contributed by atoms with E-state index in [9.17, 15) is 13.2 Å². The van der Waals surface area contributed by atoms with Crippen LogP contribution in [0.1, 0.15) is 11.1 Å². The highest BCUT2D eigenvalue weighted by Gasteiger charge is 2.31. The summed E-state index contributed by atoms with van der Waals surface area (Å²) in [6.07, 6.45) is -4.35. The highest BCUT2D eigenvalue weighted by Crippen LogP contribution is 2.33. The molecule has 0 radical (unpaired) electrons. The molecule has 2 nitrogen and oxygen atoms in total. The molecule has 2 N–H and O–H groups in total. The molecule has 0 heterocycles. The minimum Gasteiger partial charge on any atom is -0.544 e. The van der Waals surface area contributed by atoms with Crippen molar-refractivity contribution in [2.75, 3.05) is 0 Å². The van der Waals surface area contributed by atoms with Crippen LogP contribution in [0.2, 0.25) is 19.6 Å². The van der Waals surface area contributed by atoms with Crippen molar-refractivity contribution in [2.45, 2.75) is 32.4 Å². The third kappa shape index (κ3) is 4.05. The maximum atomic E-state index is 12.5. The Hall–Kier alpha value is -1.01. The zero-order valence-electron chi connectivity index (χ0n) is 10.1. The number of alkyl halides is 3. The number of hydrogen-bond donors (Lipinski definition) is 1. The second kappa shape index (κ2) is 4.70. The van der Waals surface area contributed by atoms with Crippen LogP contribution in [0.5, 0.6) is 5.75 Å². The highest BCUT2D eigenvalue weighted by molar-refractivity contribution is 6.70. The number of nitrogens with two attached hydrogens (primary N) is 1. The molecule has 1 aromatic rings. The van der Waals surface area contributed by atoms with Crippen molar-refractivity contribution >= 4 is 8.32 Å². The molecule has 0 spiro atoms. The molecule has 0 saturated heterocycles. The van der Waals surface area contributed by atoms with E-state index in [2.05, 4.69) is 0 Å². The van der Waals surface area contributed by atoms with Crippen molar-refractivity contribution in [1.82, 2.24) is 0 Å². The van der Waals surface area contributed by atoms with Crippen LogP contribution in [-0.2, 0) is 12.7 Å². The molecule has 0 unspecified atom stereocenters. The first-order chi connectivity index (χ1) is 7.63. The van der Waals surface area contributed by atoms with E-state index >= 15 is 0 Å². The number of rotatable bonds is 3. The number of halogens is 3. The van der Waals surface area contributed by atoms with E-state index in [1.165, 1.54) is 6.07 Å². The van der Waals surface area contributed by atoms with Crippen LogP contribution in [0.15, 0.2) is 18.2 Å². The average Bonchev–Trinajstić information content (AvgIpc) is 2.14. The number of benzene rings is 1. The van der Waals surface area contributed by atoms with Crippen LogP contribution < -0.4 is 10.2 Å². The lowest BCUT2D eigenvalue weighted by atomic mass is 10.1. The maximum Gasteiger partial charge on any atom is 0.416 e. The molecule has 96 valence electrons. The van der Waals surface area contributed by atoms with E-state index in [1.807, 2.05) is 19.6 Å². The van der Waals surface area contributed by atoms with Crippen LogP contribution in [0, 0.1) is 0 Å². The van der Waals surface area contributed by atoms with Crippen molar-refractivity contribution in [3.05, 3.63) is 29.3 Å². The lowest BCUT2D eigenvalue weighted by molar-refractivity contribution is -0.137. The quantitative estimate of drug-likeness (QED) is 0.848.